The minimum atomic E-state index is -4.43. The fourth-order valence-corrected chi connectivity index (χ4v) is 3.84. The molecule has 6 nitrogen and oxygen atoms in total. The number of hydrogen-bond donors (Lipinski definition) is 2. The van der Waals surface area contributed by atoms with Crippen molar-refractivity contribution in [2.45, 2.75) is 24.7 Å². The van der Waals surface area contributed by atoms with E-state index in [0.29, 0.717) is 33.9 Å². The molecule has 0 amide bonds. The van der Waals surface area contributed by atoms with E-state index in [2.05, 4.69) is 20.2 Å². The lowest BCUT2D eigenvalue weighted by Crippen LogP contribution is -2.44. The van der Waals surface area contributed by atoms with E-state index in [1.54, 1.807) is 0 Å². The van der Waals surface area contributed by atoms with Crippen LogP contribution in [0.25, 0.3) is 22.1 Å². The molecule has 0 spiro atoms. The van der Waals surface area contributed by atoms with Crippen molar-refractivity contribution in [1.82, 2.24) is 15.3 Å². The SMILES string of the molecule is Nc1nc(N2C[C@@H]3C[C@H]2CN3)c2oc3ccc(C(F)(F)F)cc3c2n1. The van der Waals surface area contributed by atoms with E-state index in [-0.39, 0.29) is 12.0 Å². The molecule has 3 aromatic rings. The van der Waals surface area contributed by atoms with E-state index >= 15 is 0 Å². The number of nitrogens with zero attached hydrogens (tertiary/aromatic N) is 3. The molecule has 2 bridgehead atoms. The number of benzene rings is 1. The Kier molecular flexibility index (Phi) is 2.81. The quantitative estimate of drug-likeness (QED) is 0.703. The molecule has 0 aliphatic carbocycles. The Bertz CT molecular complexity index is 999. The van der Waals surface area contributed by atoms with Crippen LogP contribution in [0.4, 0.5) is 24.9 Å². The summed E-state index contributed by atoms with van der Waals surface area (Å²) in [6, 6.07) is 4.04. The zero-order valence-electron chi connectivity index (χ0n) is 13.0. The van der Waals surface area contributed by atoms with E-state index in [9.17, 15) is 13.2 Å². The third-order valence-corrected chi connectivity index (χ3v) is 4.97. The maximum atomic E-state index is 13.0. The van der Waals surface area contributed by atoms with Gasteiger partial charge >= 0.3 is 6.18 Å². The maximum absolute atomic E-state index is 13.0. The van der Waals surface area contributed by atoms with E-state index in [1.165, 1.54) is 6.07 Å². The summed E-state index contributed by atoms with van der Waals surface area (Å²) in [5.74, 6) is 0.583. The van der Waals surface area contributed by atoms with E-state index in [1.807, 2.05) is 0 Å². The van der Waals surface area contributed by atoms with Crippen LogP contribution in [0.15, 0.2) is 22.6 Å². The predicted molar refractivity (Wildman–Crippen MR) is 86.3 cm³/mol. The summed E-state index contributed by atoms with van der Waals surface area (Å²) < 4.78 is 44.9. The number of fused-ring (bicyclic) bond motifs is 5. The van der Waals surface area contributed by atoms with Crippen molar-refractivity contribution in [3.63, 3.8) is 0 Å². The van der Waals surface area contributed by atoms with Gasteiger partial charge in [-0.2, -0.15) is 18.2 Å². The summed E-state index contributed by atoms with van der Waals surface area (Å²) >= 11 is 0. The average Bonchev–Trinajstić information content (AvgIpc) is 3.26. The molecule has 3 N–H and O–H groups in total. The Hall–Kier alpha value is -2.55. The molecule has 0 radical (unpaired) electrons. The number of nitrogens with one attached hydrogen (secondary N) is 1. The van der Waals surface area contributed by atoms with Crippen LogP contribution < -0.4 is 16.0 Å². The molecular weight excluding hydrogens is 335 g/mol. The summed E-state index contributed by atoms with van der Waals surface area (Å²) in [5, 5.41) is 3.69. The molecule has 0 unspecified atom stereocenters. The number of piperazine rings is 1. The van der Waals surface area contributed by atoms with Gasteiger partial charge in [0.2, 0.25) is 5.95 Å². The summed E-state index contributed by atoms with van der Waals surface area (Å²) in [4.78, 5) is 10.6. The summed E-state index contributed by atoms with van der Waals surface area (Å²) in [6.45, 7) is 1.61. The first-order chi connectivity index (χ1) is 11.9. The van der Waals surface area contributed by atoms with Crippen molar-refractivity contribution in [1.29, 1.82) is 0 Å². The molecule has 25 heavy (non-hydrogen) atoms. The first kappa shape index (κ1) is 14.8. The monoisotopic (exact) mass is 349 g/mol. The van der Waals surface area contributed by atoms with Crippen molar-refractivity contribution < 1.29 is 17.6 Å². The summed E-state index contributed by atoms with van der Waals surface area (Å²) in [7, 11) is 0. The Morgan fingerprint density at radius 2 is 2.12 bits per heavy atom. The molecule has 2 aromatic heterocycles. The van der Waals surface area contributed by atoms with Crippen LogP contribution in [-0.4, -0.2) is 35.1 Å². The Balaban J connectivity index is 1.74. The van der Waals surface area contributed by atoms with Crippen molar-refractivity contribution in [2.24, 2.45) is 0 Å². The lowest BCUT2D eigenvalue weighted by molar-refractivity contribution is -0.137. The van der Waals surface area contributed by atoms with Gasteiger partial charge in [-0.15, -0.1) is 0 Å². The average molecular weight is 349 g/mol. The molecule has 0 saturated carbocycles. The van der Waals surface area contributed by atoms with Crippen LogP contribution in [0.5, 0.6) is 0 Å². The van der Waals surface area contributed by atoms with Gasteiger partial charge in [-0.25, -0.2) is 4.98 Å². The molecular formula is C16H14F3N5O. The van der Waals surface area contributed by atoms with Crippen LogP contribution in [-0.2, 0) is 6.18 Å². The van der Waals surface area contributed by atoms with Gasteiger partial charge in [-0.05, 0) is 24.6 Å². The van der Waals surface area contributed by atoms with Crippen molar-refractivity contribution in [2.75, 3.05) is 23.7 Å². The molecule has 2 aliphatic heterocycles. The number of hydrogen-bond acceptors (Lipinski definition) is 6. The van der Waals surface area contributed by atoms with Gasteiger partial charge in [0.05, 0.1) is 5.56 Å². The van der Waals surface area contributed by atoms with Gasteiger partial charge in [-0.1, -0.05) is 0 Å². The van der Waals surface area contributed by atoms with Crippen molar-refractivity contribution in [3.8, 4) is 0 Å². The zero-order valence-corrected chi connectivity index (χ0v) is 13.0. The van der Waals surface area contributed by atoms with Gasteiger partial charge in [0, 0.05) is 30.6 Å². The molecule has 5 rings (SSSR count). The second-order valence-electron chi connectivity index (χ2n) is 6.54. The number of nitrogens with two attached hydrogens (primary N) is 1. The van der Waals surface area contributed by atoms with Gasteiger partial charge in [-0.3, -0.25) is 0 Å². The van der Waals surface area contributed by atoms with Crippen LogP contribution in [0.3, 0.4) is 0 Å². The van der Waals surface area contributed by atoms with Crippen molar-refractivity contribution >= 4 is 33.8 Å². The fourth-order valence-electron chi connectivity index (χ4n) is 3.84. The van der Waals surface area contributed by atoms with Gasteiger partial charge in [0.25, 0.3) is 0 Å². The Morgan fingerprint density at radius 1 is 1.28 bits per heavy atom. The maximum Gasteiger partial charge on any atom is 0.416 e. The Morgan fingerprint density at radius 3 is 2.80 bits per heavy atom. The minimum absolute atomic E-state index is 0.0262. The zero-order chi connectivity index (χ0) is 17.3. The van der Waals surface area contributed by atoms with Gasteiger partial charge in [0.15, 0.2) is 11.4 Å². The van der Waals surface area contributed by atoms with E-state index < -0.39 is 11.7 Å². The summed E-state index contributed by atoms with van der Waals surface area (Å²) in [5.41, 5.74) is 6.14. The predicted octanol–water partition coefficient (Wildman–Crippen LogP) is 2.53. The second kappa shape index (κ2) is 4.75. The highest BCUT2D eigenvalue weighted by atomic mass is 19.4. The van der Waals surface area contributed by atoms with Crippen LogP contribution in [0.1, 0.15) is 12.0 Å². The van der Waals surface area contributed by atoms with Crippen molar-refractivity contribution in [3.05, 3.63) is 23.8 Å². The number of furan rings is 1. The number of alkyl halides is 3. The highest BCUT2D eigenvalue weighted by Crippen LogP contribution is 2.39. The highest BCUT2D eigenvalue weighted by Gasteiger charge is 2.40. The standard InChI is InChI=1S/C16H14F3N5O/c17-16(18,19)7-1-2-11-10(3-7)12-13(25-11)14(23-15(20)22-12)24-6-8-4-9(24)5-21-8/h1-3,8-9,21H,4-6H2,(H2,20,22,23)/t8-,9-/m0/s1. The fraction of sp³-hybridized carbons (Fsp3) is 0.375. The molecule has 130 valence electrons. The smallest absolute Gasteiger partial charge is 0.416 e. The summed E-state index contributed by atoms with van der Waals surface area (Å²) in [6.07, 6.45) is -3.43. The third-order valence-electron chi connectivity index (χ3n) is 4.97. The van der Waals surface area contributed by atoms with Crippen LogP contribution in [0.2, 0.25) is 0 Å². The van der Waals surface area contributed by atoms with E-state index in [0.717, 1.165) is 31.6 Å². The molecule has 2 aliphatic rings. The molecule has 1 aromatic carbocycles. The minimum Gasteiger partial charge on any atom is -0.450 e. The Labute approximate surface area is 139 Å². The number of halogens is 3. The number of rotatable bonds is 1. The first-order valence-corrected chi connectivity index (χ1v) is 7.97. The first-order valence-electron chi connectivity index (χ1n) is 7.97. The molecule has 2 saturated heterocycles. The van der Waals surface area contributed by atoms with Crippen LogP contribution in [0, 0.1) is 0 Å². The topological polar surface area (TPSA) is 80.2 Å². The van der Waals surface area contributed by atoms with Gasteiger partial charge in [0.1, 0.15) is 11.1 Å². The molecule has 2 atom stereocenters. The number of anilines is 2. The third kappa shape index (κ3) is 2.15. The number of nitrogen functional groups attached to an aromatic ring is 1. The largest absolute Gasteiger partial charge is 0.450 e. The molecule has 4 heterocycles. The second-order valence-corrected chi connectivity index (χ2v) is 6.54. The van der Waals surface area contributed by atoms with E-state index in [4.69, 9.17) is 10.2 Å². The number of aromatic nitrogens is 2. The normalized spacial score (nSPS) is 23.2. The van der Waals surface area contributed by atoms with Crippen LogP contribution >= 0.6 is 0 Å². The molecule has 2 fully saturated rings. The molecule has 9 heteroatoms. The lowest BCUT2D eigenvalue weighted by Gasteiger charge is -2.28. The lowest BCUT2D eigenvalue weighted by atomic mass is 10.1. The highest BCUT2D eigenvalue weighted by molar-refractivity contribution is 6.06. The van der Waals surface area contributed by atoms with Gasteiger partial charge < -0.3 is 20.4 Å².